The topological polar surface area (TPSA) is 37.3 Å². The maximum Gasteiger partial charge on any atom is 0.416 e. The molecule has 0 saturated carbocycles. The third-order valence-electron chi connectivity index (χ3n) is 2.94. The fourth-order valence-electron chi connectivity index (χ4n) is 2.03. The molecule has 106 valence electrons. The monoisotopic (exact) mass is 302 g/mol. The van der Waals surface area contributed by atoms with Crippen LogP contribution in [0.3, 0.4) is 0 Å². The van der Waals surface area contributed by atoms with Gasteiger partial charge in [0.2, 0.25) is 0 Å². The van der Waals surface area contributed by atoms with E-state index in [4.69, 9.17) is 16.7 Å². The van der Waals surface area contributed by atoms with Gasteiger partial charge in [-0.3, -0.25) is 4.79 Å². The molecule has 0 unspecified atom stereocenters. The highest BCUT2D eigenvalue weighted by Gasteiger charge is 2.33. The van der Waals surface area contributed by atoms with Gasteiger partial charge >= 0.3 is 12.1 Å². The fraction of sp³-hybridized carbons (Fsp3) is 0.214. The largest absolute Gasteiger partial charge is 0.481 e. The van der Waals surface area contributed by atoms with Crippen molar-refractivity contribution < 1.29 is 23.1 Å². The van der Waals surface area contributed by atoms with E-state index in [1.54, 1.807) is 6.07 Å². The summed E-state index contributed by atoms with van der Waals surface area (Å²) in [5.74, 6) is -1.13. The van der Waals surface area contributed by atoms with Crippen molar-refractivity contribution in [1.82, 2.24) is 0 Å². The normalized spacial score (nSPS) is 11.8. The molecule has 1 N–H and O–H groups in total. The average Bonchev–Trinajstić information content (AvgIpc) is 2.33. The highest BCUT2D eigenvalue weighted by atomic mass is 35.5. The number of carbonyl (C=O) groups is 1. The maximum atomic E-state index is 13.0. The third-order valence-corrected chi connectivity index (χ3v) is 3.17. The molecular formula is C14H10ClF3O2. The van der Waals surface area contributed by atoms with E-state index in [1.807, 2.05) is 0 Å². The summed E-state index contributed by atoms with van der Waals surface area (Å²) in [6, 6.07) is 6.96. The predicted octanol–water partition coefficient (Wildman–Crippen LogP) is 4.53. The number of hydrogen-bond acceptors (Lipinski definition) is 1. The van der Waals surface area contributed by atoms with Gasteiger partial charge in [0.05, 0.1) is 5.56 Å². The molecule has 0 bridgehead atoms. The van der Waals surface area contributed by atoms with Crippen LogP contribution in [0.15, 0.2) is 30.3 Å². The number of alkyl halides is 3. The van der Waals surface area contributed by atoms with Crippen molar-refractivity contribution in [2.24, 2.45) is 0 Å². The molecule has 0 fully saturated rings. The zero-order valence-corrected chi connectivity index (χ0v) is 10.9. The molecule has 2 aromatic carbocycles. The van der Waals surface area contributed by atoms with Crippen LogP contribution < -0.4 is 0 Å². The van der Waals surface area contributed by atoms with Gasteiger partial charge in [-0.05, 0) is 41.0 Å². The van der Waals surface area contributed by atoms with Gasteiger partial charge < -0.3 is 5.11 Å². The number of carboxylic acid groups (broad SMARTS) is 1. The summed E-state index contributed by atoms with van der Waals surface area (Å²) in [6.45, 7) is 0. The molecule has 0 aliphatic carbocycles. The first-order chi connectivity index (χ1) is 9.27. The quantitative estimate of drug-likeness (QED) is 0.904. The van der Waals surface area contributed by atoms with Gasteiger partial charge in [-0.2, -0.15) is 13.2 Å². The summed E-state index contributed by atoms with van der Waals surface area (Å²) in [4.78, 5) is 10.5. The Morgan fingerprint density at radius 2 is 1.85 bits per heavy atom. The molecule has 20 heavy (non-hydrogen) atoms. The van der Waals surface area contributed by atoms with Crippen LogP contribution in [0, 0.1) is 0 Å². The molecule has 6 heteroatoms. The van der Waals surface area contributed by atoms with E-state index in [1.165, 1.54) is 18.2 Å². The van der Waals surface area contributed by atoms with Crippen LogP contribution in [0.25, 0.3) is 10.8 Å². The number of aliphatic carboxylic acids is 1. The molecule has 2 aromatic rings. The van der Waals surface area contributed by atoms with Crippen LogP contribution >= 0.6 is 11.6 Å². The SMILES string of the molecule is O=C(O)CCc1cc2cc(Cl)ccc2cc1C(F)(F)F. The molecule has 2 nitrogen and oxygen atoms in total. The van der Waals surface area contributed by atoms with Crippen molar-refractivity contribution in [3.05, 3.63) is 46.5 Å². The maximum absolute atomic E-state index is 13.0. The summed E-state index contributed by atoms with van der Waals surface area (Å²) in [7, 11) is 0. The minimum absolute atomic E-state index is 0.0327. The molecule has 0 radical (unpaired) electrons. The standard InChI is InChI=1S/C14H10ClF3O2/c15-11-3-1-8-7-12(14(16,17)18)9(2-4-13(19)20)5-10(8)6-11/h1,3,5-7H,2,4H2,(H,19,20). The average molecular weight is 303 g/mol. The van der Waals surface area contributed by atoms with Crippen molar-refractivity contribution >= 4 is 28.3 Å². The summed E-state index contributed by atoms with van der Waals surface area (Å²) in [5.41, 5.74) is -0.830. The molecule has 0 heterocycles. The van der Waals surface area contributed by atoms with Crippen LogP contribution in [-0.4, -0.2) is 11.1 Å². The van der Waals surface area contributed by atoms with E-state index in [-0.39, 0.29) is 18.4 Å². The van der Waals surface area contributed by atoms with Crippen molar-refractivity contribution in [1.29, 1.82) is 0 Å². The first kappa shape index (κ1) is 14.7. The summed E-state index contributed by atoms with van der Waals surface area (Å²) >= 11 is 5.81. The van der Waals surface area contributed by atoms with Crippen molar-refractivity contribution in [3.8, 4) is 0 Å². The van der Waals surface area contributed by atoms with Crippen LogP contribution in [0.4, 0.5) is 13.2 Å². The molecule has 0 aliphatic heterocycles. The van der Waals surface area contributed by atoms with Crippen molar-refractivity contribution in [3.63, 3.8) is 0 Å². The Kier molecular flexibility index (Phi) is 3.90. The number of halogens is 4. The molecule has 0 saturated heterocycles. The Morgan fingerprint density at radius 3 is 2.45 bits per heavy atom. The lowest BCUT2D eigenvalue weighted by Crippen LogP contribution is -2.10. The summed E-state index contributed by atoms with van der Waals surface area (Å²) < 4.78 is 39.0. The number of carboxylic acids is 1. The Morgan fingerprint density at radius 1 is 1.15 bits per heavy atom. The minimum Gasteiger partial charge on any atom is -0.481 e. The molecule has 0 atom stereocenters. The number of hydrogen-bond donors (Lipinski definition) is 1. The van der Waals surface area contributed by atoms with Gasteiger partial charge in [-0.1, -0.05) is 23.7 Å². The Hall–Kier alpha value is -1.75. The van der Waals surface area contributed by atoms with Gasteiger partial charge in [0.1, 0.15) is 0 Å². The van der Waals surface area contributed by atoms with Crippen LogP contribution in [-0.2, 0) is 17.4 Å². The highest BCUT2D eigenvalue weighted by Crippen LogP contribution is 2.35. The number of rotatable bonds is 3. The van der Waals surface area contributed by atoms with E-state index in [2.05, 4.69) is 0 Å². The van der Waals surface area contributed by atoms with E-state index in [9.17, 15) is 18.0 Å². The smallest absolute Gasteiger partial charge is 0.416 e. The third kappa shape index (κ3) is 3.22. The first-order valence-corrected chi connectivity index (χ1v) is 6.16. The Bertz CT molecular complexity index is 665. The zero-order valence-electron chi connectivity index (χ0n) is 10.2. The zero-order chi connectivity index (χ0) is 14.9. The van der Waals surface area contributed by atoms with E-state index >= 15 is 0 Å². The second kappa shape index (κ2) is 5.32. The van der Waals surface area contributed by atoms with Gasteiger partial charge in [0, 0.05) is 11.4 Å². The minimum atomic E-state index is -4.51. The van der Waals surface area contributed by atoms with Gasteiger partial charge in [-0.15, -0.1) is 0 Å². The Labute approximate surface area is 117 Å². The van der Waals surface area contributed by atoms with Gasteiger partial charge in [-0.25, -0.2) is 0 Å². The molecule has 0 aromatic heterocycles. The molecular weight excluding hydrogens is 293 g/mol. The summed E-state index contributed by atoms with van der Waals surface area (Å²) in [5, 5.41) is 10.0. The number of benzene rings is 2. The van der Waals surface area contributed by atoms with Crippen LogP contribution in [0.2, 0.25) is 5.02 Å². The van der Waals surface area contributed by atoms with Crippen LogP contribution in [0.5, 0.6) is 0 Å². The second-order valence-electron chi connectivity index (χ2n) is 4.39. The van der Waals surface area contributed by atoms with E-state index < -0.39 is 17.7 Å². The predicted molar refractivity (Wildman–Crippen MR) is 69.9 cm³/mol. The lowest BCUT2D eigenvalue weighted by atomic mass is 9.97. The van der Waals surface area contributed by atoms with Crippen LogP contribution in [0.1, 0.15) is 17.5 Å². The van der Waals surface area contributed by atoms with E-state index in [0.717, 1.165) is 6.07 Å². The van der Waals surface area contributed by atoms with E-state index in [0.29, 0.717) is 15.8 Å². The van der Waals surface area contributed by atoms with Crippen molar-refractivity contribution in [2.75, 3.05) is 0 Å². The van der Waals surface area contributed by atoms with Gasteiger partial charge in [0.25, 0.3) is 0 Å². The number of fused-ring (bicyclic) bond motifs is 1. The summed E-state index contributed by atoms with van der Waals surface area (Å²) in [6.07, 6.45) is -5.04. The fourth-order valence-corrected chi connectivity index (χ4v) is 2.21. The highest BCUT2D eigenvalue weighted by molar-refractivity contribution is 6.31. The molecule has 0 amide bonds. The van der Waals surface area contributed by atoms with Gasteiger partial charge in [0.15, 0.2) is 0 Å². The first-order valence-electron chi connectivity index (χ1n) is 5.78. The lowest BCUT2D eigenvalue weighted by Gasteiger charge is -2.14. The molecule has 0 spiro atoms. The number of aryl methyl sites for hydroxylation is 1. The Balaban J connectivity index is 2.58. The molecule has 2 rings (SSSR count). The lowest BCUT2D eigenvalue weighted by molar-refractivity contribution is -0.140. The second-order valence-corrected chi connectivity index (χ2v) is 4.83. The van der Waals surface area contributed by atoms with Crippen molar-refractivity contribution in [2.45, 2.75) is 19.0 Å². The molecule has 0 aliphatic rings.